The topological polar surface area (TPSA) is 94.3 Å². The van der Waals surface area contributed by atoms with E-state index in [4.69, 9.17) is 4.52 Å². The molecular formula is C17H30N6O3S. The molecule has 152 valence electrons. The van der Waals surface area contributed by atoms with Crippen LogP contribution < -0.4 is 5.32 Å². The first kappa shape index (κ1) is 20.1. The quantitative estimate of drug-likeness (QED) is 0.553. The molecule has 0 saturated carbocycles. The van der Waals surface area contributed by atoms with E-state index in [2.05, 4.69) is 32.3 Å². The van der Waals surface area contributed by atoms with Crippen LogP contribution in [0.5, 0.6) is 0 Å². The predicted octanol–water partition coefficient (Wildman–Crippen LogP) is 0.0392. The van der Waals surface area contributed by atoms with Gasteiger partial charge in [0.2, 0.25) is 10.0 Å². The van der Waals surface area contributed by atoms with Crippen LogP contribution in [0.2, 0.25) is 0 Å². The van der Waals surface area contributed by atoms with Gasteiger partial charge < -0.3 is 19.6 Å². The maximum Gasteiger partial charge on any atom is 0.220 e. The molecule has 2 aliphatic heterocycles. The van der Waals surface area contributed by atoms with Crippen LogP contribution in [-0.4, -0.2) is 93.5 Å². The highest BCUT2D eigenvalue weighted by Crippen LogP contribution is 2.15. The van der Waals surface area contributed by atoms with Gasteiger partial charge in [0, 0.05) is 52.4 Å². The van der Waals surface area contributed by atoms with Crippen molar-refractivity contribution in [3.05, 3.63) is 18.0 Å². The van der Waals surface area contributed by atoms with Crippen molar-refractivity contribution in [1.29, 1.82) is 0 Å². The van der Waals surface area contributed by atoms with Gasteiger partial charge in [-0.1, -0.05) is 5.16 Å². The summed E-state index contributed by atoms with van der Waals surface area (Å²) in [7, 11) is 0.568. The fraction of sp³-hybridized carbons (Fsp3) is 0.765. The highest BCUT2D eigenvalue weighted by molar-refractivity contribution is 7.88. The molecule has 1 unspecified atom stereocenters. The second-order valence-corrected chi connectivity index (χ2v) is 9.30. The molecule has 0 bridgehead atoms. The number of guanidine groups is 1. The highest BCUT2D eigenvalue weighted by Gasteiger charge is 2.29. The lowest BCUT2D eigenvalue weighted by molar-refractivity contribution is 0.207. The average Bonchev–Trinajstić information content (AvgIpc) is 3.15. The van der Waals surface area contributed by atoms with Gasteiger partial charge in [0.15, 0.2) is 5.96 Å². The van der Waals surface area contributed by atoms with Crippen LogP contribution in [0.1, 0.15) is 18.5 Å². The van der Waals surface area contributed by atoms with E-state index in [-0.39, 0.29) is 5.75 Å². The third kappa shape index (κ3) is 5.43. The summed E-state index contributed by atoms with van der Waals surface area (Å²) in [5.74, 6) is 1.37. The molecule has 2 fully saturated rings. The lowest BCUT2D eigenvalue weighted by Crippen LogP contribution is -2.54. The summed E-state index contributed by atoms with van der Waals surface area (Å²) in [5, 5.41) is 7.18. The monoisotopic (exact) mass is 398 g/mol. The fourth-order valence-corrected chi connectivity index (χ4v) is 5.20. The summed E-state index contributed by atoms with van der Waals surface area (Å²) in [6.45, 7) is 5.35. The van der Waals surface area contributed by atoms with Gasteiger partial charge in [0.25, 0.3) is 0 Å². The minimum Gasteiger partial charge on any atom is -0.364 e. The molecule has 3 rings (SSSR count). The van der Waals surface area contributed by atoms with Gasteiger partial charge in [-0.2, -0.15) is 4.31 Å². The molecular weight excluding hydrogens is 368 g/mol. The van der Waals surface area contributed by atoms with Crippen LogP contribution in [0.3, 0.4) is 0 Å². The number of piperidine rings is 1. The van der Waals surface area contributed by atoms with Crippen LogP contribution in [0.4, 0.5) is 0 Å². The molecule has 1 atom stereocenters. The van der Waals surface area contributed by atoms with Gasteiger partial charge in [-0.15, -0.1) is 0 Å². The van der Waals surface area contributed by atoms with Crippen molar-refractivity contribution in [2.45, 2.75) is 18.6 Å². The predicted molar refractivity (Wildman–Crippen MR) is 104 cm³/mol. The molecule has 0 radical (unpaired) electrons. The molecule has 0 spiro atoms. The van der Waals surface area contributed by atoms with Crippen molar-refractivity contribution in [3.63, 3.8) is 0 Å². The second-order valence-electron chi connectivity index (χ2n) is 7.33. The second kappa shape index (κ2) is 9.03. The third-order valence-corrected chi connectivity index (χ3v) is 7.05. The van der Waals surface area contributed by atoms with Crippen molar-refractivity contribution in [2.75, 3.05) is 59.9 Å². The number of aliphatic imine (C=N–C) groups is 1. The van der Waals surface area contributed by atoms with Gasteiger partial charge >= 0.3 is 0 Å². The van der Waals surface area contributed by atoms with E-state index in [1.54, 1.807) is 13.1 Å². The van der Waals surface area contributed by atoms with E-state index in [1.165, 1.54) is 30.0 Å². The highest BCUT2D eigenvalue weighted by atomic mass is 32.2. The van der Waals surface area contributed by atoms with Crippen LogP contribution >= 0.6 is 0 Å². The lowest BCUT2D eigenvalue weighted by Gasteiger charge is -2.36. The molecule has 0 amide bonds. The largest absolute Gasteiger partial charge is 0.364 e. The SMILES string of the molecule is CN=C(NCC1CCCN(C)C1)N1CCN(S(=O)(=O)Cc2ccon2)CC1. The van der Waals surface area contributed by atoms with E-state index in [0.29, 0.717) is 37.8 Å². The van der Waals surface area contributed by atoms with E-state index in [1.807, 2.05) is 0 Å². The zero-order valence-corrected chi connectivity index (χ0v) is 17.0. The average molecular weight is 399 g/mol. The summed E-state index contributed by atoms with van der Waals surface area (Å²) in [5.41, 5.74) is 0.437. The van der Waals surface area contributed by atoms with Crippen LogP contribution in [0, 0.1) is 5.92 Å². The number of hydrogen-bond acceptors (Lipinski definition) is 6. The maximum absolute atomic E-state index is 12.5. The Balaban J connectivity index is 1.48. The number of likely N-dealkylation sites (tertiary alicyclic amines) is 1. The third-order valence-electron chi connectivity index (χ3n) is 5.24. The Morgan fingerprint density at radius 1 is 1.33 bits per heavy atom. The minimum atomic E-state index is -3.38. The Labute approximate surface area is 161 Å². The zero-order chi connectivity index (χ0) is 19.3. The molecule has 2 aliphatic rings. The van der Waals surface area contributed by atoms with E-state index < -0.39 is 10.0 Å². The molecule has 1 aromatic rings. The molecule has 27 heavy (non-hydrogen) atoms. The summed E-state index contributed by atoms with van der Waals surface area (Å²) in [6, 6.07) is 1.59. The Morgan fingerprint density at radius 2 is 2.11 bits per heavy atom. The van der Waals surface area contributed by atoms with Gasteiger partial charge in [-0.3, -0.25) is 4.99 Å². The summed E-state index contributed by atoms with van der Waals surface area (Å²) < 4.78 is 31.3. The minimum absolute atomic E-state index is 0.119. The molecule has 3 heterocycles. The van der Waals surface area contributed by atoms with Gasteiger partial charge in [-0.05, 0) is 32.4 Å². The molecule has 10 heteroatoms. The van der Waals surface area contributed by atoms with Gasteiger partial charge in [0.05, 0.1) is 5.69 Å². The number of nitrogens with zero attached hydrogens (tertiary/aromatic N) is 5. The fourth-order valence-electron chi connectivity index (χ4n) is 3.78. The molecule has 2 saturated heterocycles. The van der Waals surface area contributed by atoms with Crippen molar-refractivity contribution in [2.24, 2.45) is 10.9 Å². The van der Waals surface area contributed by atoms with Crippen molar-refractivity contribution >= 4 is 16.0 Å². The van der Waals surface area contributed by atoms with Crippen LogP contribution in [0.25, 0.3) is 0 Å². The summed E-state index contributed by atoms with van der Waals surface area (Å²) in [6.07, 6.45) is 3.87. The smallest absolute Gasteiger partial charge is 0.220 e. The van der Waals surface area contributed by atoms with Crippen LogP contribution in [-0.2, 0) is 15.8 Å². The van der Waals surface area contributed by atoms with E-state index in [9.17, 15) is 8.42 Å². The Kier molecular flexibility index (Phi) is 6.72. The number of rotatable bonds is 5. The molecule has 9 nitrogen and oxygen atoms in total. The zero-order valence-electron chi connectivity index (χ0n) is 16.2. The summed E-state index contributed by atoms with van der Waals surface area (Å²) >= 11 is 0. The Bertz CT molecular complexity index is 713. The number of nitrogens with one attached hydrogen (secondary N) is 1. The van der Waals surface area contributed by atoms with Crippen molar-refractivity contribution in [3.8, 4) is 0 Å². The molecule has 0 aliphatic carbocycles. The van der Waals surface area contributed by atoms with Crippen LogP contribution in [0.15, 0.2) is 21.8 Å². The first-order chi connectivity index (χ1) is 13.0. The number of hydrogen-bond donors (Lipinski definition) is 1. The first-order valence-corrected chi connectivity index (χ1v) is 11.1. The maximum atomic E-state index is 12.5. The normalized spacial score (nSPS) is 23.6. The number of sulfonamides is 1. The van der Waals surface area contributed by atoms with Gasteiger partial charge in [0.1, 0.15) is 12.0 Å². The van der Waals surface area contributed by atoms with Crippen molar-refractivity contribution in [1.82, 2.24) is 24.6 Å². The van der Waals surface area contributed by atoms with E-state index in [0.717, 1.165) is 19.0 Å². The lowest BCUT2D eigenvalue weighted by atomic mass is 9.98. The summed E-state index contributed by atoms with van der Waals surface area (Å²) in [4.78, 5) is 8.90. The van der Waals surface area contributed by atoms with Crippen molar-refractivity contribution < 1.29 is 12.9 Å². The molecule has 1 N–H and O–H groups in total. The van der Waals surface area contributed by atoms with E-state index >= 15 is 0 Å². The number of piperazine rings is 1. The molecule has 0 aromatic carbocycles. The number of aromatic nitrogens is 1. The Hall–Kier alpha value is -1.65. The standard InChI is InChI=1S/C17H30N6O3S/c1-18-17(19-12-15-4-3-6-21(2)13-15)22-7-9-23(10-8-22)27(24,25)14-16-5-11-26-20-16/h5,11,15H,3-4,6-10,12-14H2,1-2H3,(H,18,19). The Morgan fingerprint density at radius 3 is 2.74 bits per heavy atom. The first-order valence-electron chi connectivity index (χ1n) is 9.49. The van der Waals surface area contributed by atoms with Gasteiger partial charge in [-0.25, -0.2) is 8.42 Å². The molecule has 1 aromatic heterocycles.